The summed E-state index contributed by atoms with van der Waals surface area (Å²) < 4.78 is 57.7. The molecular formula is C29H30F3N7O2S. The Morgan fingerprint density at radius 3 is 2.86 bits per heavy atom. The summed E-state index contributed by atoms with van der Waals surface area (Å²) in [4.78, 5) is 13.2. The zero-order valence-corrected chi connectivity index (χ0v) is 23.7. The van der Waals surface area contributed by atoms with E-state index in [4.69, 9.17) is 15.2 Å². The number of rotatable bonds is 6. The number of alkyl halides is 1. The summed E-state index contributed by atoms with van der Waals surface area (Å²) in [5, 5.41) is 16.7. The molecule has 2 saturated heterocycles. The van der Waals surface area contributed by atoms with Gasteiger partial charge in [-0.25, -0.2) is 13.2 Å². The molecule has 0 aliphatic carbocycles. The van der Waals surface area contributed by atoms with Gasteiger partial charge in [-0.3, -0.25) is 4.98 Å². The molecule has 0 radical (unpaired) electrons. The van der Waals surface area contributed by atoms with Gasteiger partial charge in [0.1, 0.15) is 40.4 Å². The number of aromatic nitrogens is 3. The van der Waals surface area contributed by atoms with E-state index in [-0.39, 0.29) is 79.4 Å². The number of thiophene rings is 1. The molecule has 2 fully saturated rings. The minimum Gasteiger partial charge on any atom is -0.472 e. The van der Waals surface area contributed by atoms with Crippen molar-refractivity contribution in [2.24, 2.45) is 5.92 Å². The van der Waals surface area contributed by atoms with Gasteiger partial charge in [-0.2, -0.15) is 15.2 Å². The molecule has 5 heterocycles. The summed E-state index contributed by atoms with van der Waals surface area (Å²) in [6.45, 7) is 3.96. The normalized spacial score (nSPS) is 23.0. The van der Waals surface area contributed by atoms with E-state index in [0.717, 1.165) is 43.7 Å². The minimum absolute atomic E-state index is 0.0439. The first-order valence-electron chi connectivity index (χ1n) is 14.0. The van der Waals surface area contributed by atoms with E-state index in [9.17, 15) is 14.0 Å². The third-order valence-corrected chi connectivity index (χ3v) is 8.93. The molecule has 0 saturated carbocycles. The average molecular weight is 598 g/mol. The van der Waals surface area contributed by atoms with Gasteiger partial charge in [0.05, 0.1) is 22.3 Å². The molecule has 220 valence electrons. The van der Waals surface area contributed by atoms with Crippen molar-refractivity contribution >= 4 is 37.3 Å². The van der Waals surface area contributed by atoms with Gasteiger partial charge in [-0.1, -0.05) is 0 Å². The molecule has 13 heteroatoms. The van der Waals surface area contributed by atoms with Crippen LogP contribution in [0.25, 0.3) is 32.2 Å². The lowest BCUT2D eigenvalue weighted by atomic mass is 9.96. The number of nitrogen functional groups attached to an aromatic ring is 1. The van der Waals surface area contributed by atoms with Crippen LogP contribution in [0.2, 0.25) is 0 Å². The van der Waals surface area contributed by atoms with Crippen LogP contribution < -0.4 is 25.8 Å². The van der Waals surface area contributed by atoms with Crippen molar-refractivity contribution in [1.82, 2.24) is 25.6 Å². The van der Waals surface area contributed by atoms with E-state index < -0.39 is 17.8 Å². The van der Waals surface area contributed by atoms with Crippen molar-refractivity contribution in [2.75, 3.05) is 32.0 Å². The molecule has 6 rings (SSSR count). The van der Waals surface area contributed by atoms with E-state index in [1.165, 1.54) is 18.3 Å². The number of hydrogen-bond donors (Lipinski definition) is 3. The van der Waals surface area contributed by atoms with Gasteiger partial charge in [0.15, 0.2) is 5.82 Å². The van der Waals surface area contributed by atoms with Crippen LogP contribution in [0, 0.1) is 28.9 Å². The molecule has 0 unspecified atom stereocenters. The van der Waals surface area contributed by atoms with Crippen molar-refractivity contribution in [1.29, 1.82) is 5.26 Å². The number of pyridine rings is 1. The second kappa shape index (κ2) is 11.9. The van der Waals surface area contributed by atoms with Crippen molar-refractivity contribution in [3.05, 3.63) is 35.5 Å². The average Bonchev–Trinajstić information content (AvgIpc) is 3.53. The first kappa shape index (κ1) is 28.4. The number of ether oxygens (including phenoxy) is 2. The Morgan fingerprint density at radius 1 is 1.21 bits per heavy atom. The van der Waals surface area contributed by atoms with Gasteiger partial charge in [-0.05, 0) is 63.7 Å². The fourth-order valence-electron chi connectivity index (χ4n) is 5.67. The van der Waals surface area contributed by atoms with Crippen molar-refractivity contribution in [2.45, 2.75) is 50.9 Å². The number of nitrogens with zero attached hydrogens (tertiary/aromatic N) is 4. The van der Waals surface area contributed by atoms with Crippen molar-refractivity contribution in [3.8, 4) is 29.2 Å². The number of benzene rings is 1. The minimum atomic E-state index is -0.991. The number of halogens is 3. The fourth-order valence-corrected chi connectivity index (χ4v) is 6.62. The third-order valence-electron chi connectivity index (χ3n) is 7.90. The maximum absolute atomic E-state index is 16.4. The van der Waals surface area contributed by atoms with Gasteiger partial charge in [0.25, 0.3) is 0 Å². The second-order valence-corrected chi connectivity index (χ2v) is 11.8. The Hall–Kier alpha value is -3.73. The molecule has 0 amide bonds. The highest BCUT2D eigenvalue weighted by Gasteiger charge is 2.29. The van der Waals surface area contributed by atoms with E-state index in [0.29, 0.717) is 13.0 Å². The van der Waals surface area contributed by atoms with Crippen molar-refractivity contribution in [3.63, 3.8) is 0 Å². The molecule has 9 nitrogen and oxygen atoms in total. The van der Waals surface area contributed by atoms with E-state index in [2.05, 4.69) is 25.6 Å². The first-order valence-corrected chi connectivity index (χ1v) is 14.8. The zero-order valence-electron chi connectivity index (χ0n) is 22.9. The Balaban J connectivity index is 1.43. The first-order chi connectivity index (χ1) is 20.3. The SMILES string of the molecule is C[C@H]1NCC[C@H]1Oc1nc(OC[C@@H]2CCCNC[C@H](F)C2)nc2c(F)c(-c3ccc(F)c4sc(N)c(C#N)c34)ncc12. The Bertz CT molecular complexity index is 1680. The van der Waals surface area contributed by atoms with Crippen LogP contribution in [0.15, 0.2) is 18.3 Å². The second-order valence-electron chi connectivity index (χ2n) is 10.8. The molecule has 2 aliphatic heterocycles. The summed E-state index contributed by atoms with van der Waals surface area (Å²) >= 11 is 0.922. The standard InChI is InChI=1S/C29H30F3N7O2S/c1-14-21(6-8-36-14)41-28-19-12-37-24(17-4-5-20(31)26-22(17)18(10-33)27(34)42-26)23(32)25(19)38-29(39-28)40-13-15-3-2-7-35-11-16(30)9-15/h4-5,12,14-16,21,35-36H,2-3,6-9,11,13,34H2,1H3/t14-,15-,16-,21-/m1/s1. The Labute approximate surface area is 244 Å². The van der Waals surface area contributed by atoms with E-state index >= 15 is 4.39 Å². The van der Waals surface area contributed by atoms with Crippen LogP contribution in [-0.4, -0.2) is 59.5 Å². The van der Waals surface area contributed by atoms with Crippen LogP contribution >= 0.6 is 11.3 Å². The van der Waals surface area contributed by atoms with Gasteiger partial charge >= 0.3 is 6.01 Å². The summed E-state index contributed by atoms with van der Waals surface area (Å²) in [6.07, 6.45) is 2.92. The fraction of sp³-hybridized carbons (Fsp3) is 0.448. The van der Waals surface area contributed by atoms with E-state index in [1.54, 1.807) is 0 Å². The Kier molecular flexibility index (Phi) is 8.02. The Morgan fingerprint density at radius 2 is 2.07 bits per heavy atom. The largest absolute Gasteiger partial charge is 0.472 e. The summed E-state index contributed by atoms with van der Waals surface area (Å²) in [7, 11) is 0. The predicted octanol–water partition coefficient (Wildman–Crippen LogP) is 4.87. The van der Waals surface area contributed by atoms with Crippen LogP contribution in [0.3, 0.4) is 0 Å². The number of nitrogens with one attached hydrogen (secondary N) is 2. The highest BCUT2D eigenvalue weighted by atomic mass is 32.1. The van der Waals surface area contributed by atoms with Gasteiger partial charge in [-0.15, -0.1) is 11.3 Å². The third kappa shape index (κ3) is 5.42. The van der Waals surface area contributed by atoms with E-state index in [1.807, 2.05) is 13.0 Å². The van der Waals surface area contributed by atoms with Crippen LogP contribution in [0.4, 0.5) is 18.2 Å². The lowest BCUT2D eigenvalue weighted by Crippen LogP contribution is -2.31. The number of nitrogens with two attached hydrogens (primary N) is 1. The number of nitriles is 1. The van der Waals surface area contributed by atoms with Crippen LogP contribution in [0.5, 0.6) is 11.9 Å². The van der Waals surface area contributed by atoms with Gasteiger partial charge in [0.2, 0.25) is 5.88 Å². The summed E-state index contributed by atoms with van der Waals surface area (Å²) in [6, 6.07) is 4.52. The molecule has 2 aliphatic rings. The van der Waals surface area contributed by atoms with Crippen molar-refractivity contribution < 1.29 is 22.6 Å². The number of fused-ring (bicyclic) bond motifs is 2. The maximum Gasteiger partial charge on any atom is 0.320 e. The lowest BCUT2D eigenvalue weighted by Gasteiger charge is -2.23. The monoisotopic (exact) mass is 597 g/mol. The molecule has 4 aromatic rings. The molecular weight excluding hydrogens is 567 g/mol. The lowest BCUT2D eigenvalue weighted by molar-refractivity contribution is 0.159. The smallest absolute Gasteiger partial charge is 0.320 e. The van der Waals surface area contributed by atoms with Gasteiger partial charge in [0, 0.05) is 29.7 Å². The maximum atomic E-state index is 16.4. The zero-order chi connectivity index (χ0) is 29.4. The predicted molar refractivity (Wildman–Crippen MR) is 154 cm³/mol. The molecule has 1 aromatic carbocycles. The number of hydrogen-bond acceptors (Lipinski definition) is 10. The highest BCUT2D eigenvalue weighted by molar-refractivity contribution is 7.23. The number of anilines is 1. The molecule has 0 bridgehead atoms. The highest BCUT2D eigenvalue weighted by Crippen LogP contribution is 2.42. The quantitative estimate of drug-likeness (QED) is 0.285. The van der Waals surface area contributed by atoms with Crippen LogP contribution in [-0.2, 0) is 0 Å². The topological polar surface area (TPSA) is 131 Å². The van der Waals surface area contributed by atoms with Gasteiger partial charge < -0.3 is 25.8 Å². The summed E-state index contributed by atoms with van der Waals surface area (Å²) in [5.74, 6) is -1.30. The molecule has 3 aromatic heterocycles. The molecule has 4 atom stereocenters. The molecule has 4 N–H and O–H groups in total. The molecule has 0 spiro atoms. The van der Waals surface area contributed by atoms with Crippen LogP contribution in [0.1, 0.15) is 38.2 Å². The molecule has 42 heavy (non-hydrogen) atoms. The summed E-state index contributed by atoms with van der Waals surface area (Å²) in [5.41, 5.74) is 6.04.